The van der Waals surface area contributed by atoms with Crippen molar-refractivity contribution in [1.82, 2.24) is 19.4 Å². The van der Waals surface area contributed by atoms with E-state index in [2.05, 4.69) is 30.9 Å². The maximum atomic E-state index is 12.7. The van der Waals surface area contributed by atoms with Crippen LogP contribution in [-0.4, -0.2) is 58.5 Å². The van der Waals surface area contributed by atoms with Gasteiger partial charge in [0.05, 0.1) is 17.2 Å². The number of likely N-dealkylation sites (tertiary alicyclic amines) is 1. The first kappa shape index (κ1) is 17.6. The molecule has 0 unspecified atom stereocenters. The van der Waals surface area contributed by atoms with Gasteiger partial charge in [-0.1, -0.05) is 25.5 Å². The van der Waals surface area contributed by atoms with Crippen LogP contribution in [0.25, 0.3) is 10.9 Å². The highest BCUT2D eigenvalue weighted by atomic mass is 16.2. The van der Waals surface area contributed by atoms with Gasteiger partial charge in [0.2, 0.25) is 5.91 Å². The number of carbonyl (C=O) groups excluding carboxylic acids is 1. The Balaban J connectivity index is 1.81. The molecule has 2 atom stereocenters. The molecule has 0 aliphatic carbocycles. The smallest absolute Gasteiger partial charge is 0.261 e. The van der Waals surface area contributed by atoms with Crippen molar-refractivity contribution in [2.24, 2.45) is 5.92 Å². The zero-order chi connectivity index (χ0) is 18.1. The van der Waals surface area contributed by atoms with E-state index in [1.165, 1.54) is 10.9 Å². The Kier molecular flexibility index (Phi) is 4.90. The fraction of sp³-hybridized carbons (Fsp3) is 0.526. The lowest BCUT2D eigenvalue weighted by atomic mass is 10.0. The molecule has 6 nitrogen and oxygen atoms in total. The third-order valence-electron chi connectivity index (χ3n) is 5.31. The Morgan fingerprint density at radius 2 is 2.08 bits per heavy atom. The van der Waals surface area contributed by atoms with Crippen molar-refractivity contribution in [3.05, 3.63) is 40.4 Å². The second-order valence-corrected chi connectivity index (χ2v) is 7.15. The molecule has 1 aromatic heterocycles. The van der Waals surface area contributed by atoms with Crippen LogP contribution < -0.4 is 5.56 Å². The normalized spacial score (nSPS) is 20.6. The van der Waals surface area contributed by atoms with E-state index >= 15 is 0 Å². The van der Waals surface area contributed by atoms with Crippen LogP contribution >= 0.6 is 0 Å². The number of likely N-dealkylation sites (N-methyl/N-ethyl adjacent to an activating group) is 1. The number of aromatic nitrogens is 2. The standard InChI is InChI=1S/C19H26N4O2/c1-5-14-9-22(10-16(14)21(3)4)17(24)11-23-12-20-18-13(2)7-6-8-15(18)19(23)25/h6-8,12,14,16H,5,9-11H2,1-4H3/t14-,16-/m0/s1. The molecule has 1 fully saturated rings. The van der Waals surface area contributed by atoms with Crippen LogP contribution in [0, 0.1) is 12.8 Å². The number of nitrogens with zero attached hydrogens (tertiary/aromatic N) is 4. The van der Waals surface area contributed by atoms with Gasteiger partial charge in [0.25, 0.3) is 5.56 Å². The van der Waals surface area contributed by atoms with Crippen LogP contribution in [0.5, 0.6) is 0 Å². The zero-order valence-electron chi connectivity index (χ0n) is 15.4. The molecule has 1 aromatic carbocycles. The lowest BCUT2D eigenvalue weighted by Gasteiger charge is -2.23. The number of fused-ring (bicyclic) bond motifs is 1. The summed E-state index contributed by atoms with van der Waals surface area (Å²) in [6, 6.07) is 5.92. The van der Waals surface area contributed by atoms with Crippen molar-refractivity contribution in [3.8, 4) is 0 Å². The van der Waals surface area contributed by atoms with Crippen molar-refractivity contribution in [2.75, 3.05) is 27.2 Å². The van der Waals surface area contributed by atoms with Gasteiger partial charge in [-0.2, -0.15) is 0 Å². The number of benzene rings is 1. The molecule has 1 saturated heterocycles. The molecule has 0 spiro atoms. The summed E-state index contributed by atoms with van der Waals surface area (Å²) >= 11 is 0. The number of aryl methyl sites for hydroxylation is 1. The predicted octanol–water partition coefficient (Wildman–Crippen LogP) is 1.50. The molecule has 0 radical (unpaired) electrons. The van der Waals surface area contributed by atoms with Gasteiger partial charge >= 0.3 is 0 Å². The molecule has 3 rings (SSSR count). The maximum Gasteiger partial charge on any atom is 0.261 e. The van der Waals surface area contributed by atoms with Crippen LogP contribution in [-0.2, 0) is 11.3 Å². The molecule has 0 saturated carbocycles. The predicted molar refractivity (Wildman–Crippen MR) is 98.6 cm³/mol. The summed E-state index contributed by atoms with van der Waals surface area (Å²) in [6.45, 7) is 5.62. The van der Waals surface area contributed by atoms with Gasteiger partial charge in [-0.15, -0.1) is 0 Å². The molecule has 2 heterocycles. The van der Waals surface area contributed by atoms with Crippen LogP contribution in [0.2, 0.25) is 0 Å². The fourth-order valence-corrected chi connectivity index (χ4v) is 3.74. The highest BCUT2D eigenvalue weighted by Crippen LogP contribution is 2.23. The van der Waals surface area contributed by atoms with Crippen molar-refractivity contribution in [3.63, 3.8) is 0 Å². The van der Waals surface area contributed by atoms with Crippen molar-refractivity contribution < 1.29 is 4.79 Å². The van der Waals surface area contributed by atoms with Crippen LogP contribution in [0.4, 0.5) is 0 Å². The van der Waals surface area contributed by atoms with E-state index < -0.39 is 0 Å². The lowest BCUT2D eigenvalue weighted by molar-refractivity contribution is -0.131. The Morgan fingerprint density at radius 1 is 1.32 bits per heavy atom. The van der Waals surface area contributed by atoms with E-state index in [9.17, 15) is 9.59 Å². The molecule has 1 aliphatic heterocycles. The minimum atomic E-state index is -0.155. The Bertz CT molecular complexity index is 843. The summed E-state index contributed by atoms with van der Waals surface area (Å²) in [7, 11) is 4.11. The quantitative estimate of drug-likeness (QED) is 0.845. The van der Waals surface area contributed by atoms with Crippen molar-refractivity contribution >= 4 is 16.8 Å². The summed E-state index contributed by atoms with van der Waals surface area (Å²) < 4.78 is 1.42. The summed E-state index contributed by atoms with van der Waals surface area (Å²) in [5.41, 5.74) is 1.51. The molecular weight excluding hydrogens is 316 g/mol. The molecular formula is C19H26N4O2. The molecule has 134 valence electrons. The number of carbonyl (C=O) groups is 1. The molecule has 1 amide bonds. The lowest BCUT2D eigenvalue weighted by Crippen LogP contribution is -2.38. The first-order chi connectivity index (χ1) is 11.9. The van der Waals surface area contributed by atoms with Gasteiger partial charge in [-0.25, -0.2) is 4.98 Å². The fourth-order valence-electron chi connectivity index (χ4n) is 3.74. The number of amides is 1. The van der Waals surface area contributed by atoms with Crippen LogP contribution in [0.3, 0.4) is 0 Å². The second-order valence-electron chi connectivity index (χ2n) is 7.15. The zero-order valence-corrected chi connectivity index (χ0v) is 15.4. The maximum absolute atomic E-state index is 12.7. The summed E-state index contributed by atoms with van der Waals surface area (Å²) in [4.78, 5) is 33.8. The summed E-state index contributed by atoms with van der Waals surface area (Å²) in [6.07, 6.45) is 2.54. The highest BCUT2D eigenvalue weighted by molar-refractivity contribution is 5.81. The summed E-state index contributed by atoms with van der Waals surface area (Å²) in [5.74, 6) is 0.465. The average molecular weight is 342 g/mol. The Labute approximate surface area is 148 Å². The van der Waals surface area contributed by atoms with Gasteiger partial charge in [0, 0.05) is 19.1 Å². The average Bonchev–Trinajstić information content (AvgIpc) is 3.03. The van der Waals surface area contributed by atoms with Gasteiger partial charge in [0.1, 0.15) is 6.54 Å². The van der Waals surface area contributed by atoms with Gasteiger partial charge < -0.3 is 9.80 Å². The largest absolute Gasteiger partial charge is 0.339 e. The number of rotatable bonds is 4. The van der Waals surface area contributed by atoms with Gasteiger partial charge in [0.15, 0.2) is 0 Å². The van der Waals surface area contributed by atoms with Gasteiger partial charge in [-0.3, -0.25) is 14.2 Å². The summed E-state index contributed by atoms with van der Waals surface area (Å²) in [5, 5.41) is 0.564. The van der Waals surface area contributed by atoms with Gasteiger partial charge in [-0.05, 0) is 38.6 Å². The first-order valence-corrected chi connectivity index (χ1v) is 8.81. The van der Waals surface area contributed by atoms with E-state index in [-0.39, 0.29) is 18.0 Å². The topological polar surface area (TPSA) is 58.4 Å². The Hall–Kier alpha value is -2.21. The minimum Gasteiger partial charge on any atom is -0.339 e. The third-order valence-corrected chi connectivity index (χ3v) is 5.31. The van der Waals surface area contributed by atoms with E-state index in [4.69, 9.17) is 0 Å². The van der Waals surface area contributed by atoms with E-state index in [0.29, 0.717) is 22.9 Å². The van der Waals surface area contributed by atoms with E-state index in [0.717, 1.165) is 25.1 Å². The molecule has 0 N–H and O–H groups in total. The molecule has 6 heteroatoms. The minimum absolute atomic E-state index is 0.0151. The third kappa shape index (κ3) is 3.31. The number of hydrogen-bond acceptors (Lipinski definition) is 4. The monoisotopic (exact) mass is 342 g/mol. The second kappa shape index (κ2) is 6.96. The van der Waals surface area contributed by atoms with E-state index in [1.54, 1.807) is 6.07 Å². The number of hydrogen-bond donors (Lipinski definition) is 0. The first-order valence-electron chi connectivity index (χ1n) is 8.81. The van der Waals surface area contributed by atoms with E-state index in [1.807, 2.05) is 24.0 Å². The van der Waals surface area contributed by atoms with Crippen LogP contribution in [0.1, 0.15) is 18.9 Å². The van der Waals surface area contributed by atoms with Crippen LogP contribution in [0.15, 0.2) is 29.3 Å². The van der Waals surface area contributed by atoms with Crippen molar-refractivity contribution in [2.45, 2.75) is 32.9 Å². The number of para-hydroxylation sites is 1. The highest BCUT2D eigenvalue weighted by Gasteiger charge is 2.35. The SMILES string of the molecule is CC[C@H]1CN(C(=O)Cn2cnc3c(C)cccc3c2=O)C[C@@H]1N(C)C. The molecule has 1 aliphatic rings. The molecule has 25 heavy (non-hydrogen) atoms. The molecule has 2 aromatic rings. The molecule has 0 bridgehead atoms. The van der Waals surface area contributed by atoms with Crippen molar-refractivity contribution in [1.29, 1.82) is 0 Å². The Morgan fingerprint density at radius 3 is 2.72 bits per heavy atom.